The monoisotopic (exact) mass is 188 g/mol. The first-order valence-corrected chi connectivity index (χ1v) is 4.93. The maximum atomic E-state index is 5.50. The molecule has 0 heterocycles. The molecule has 0 aliphatic rings. The van der Waals surface area contributed by atoms with Gasteiger partial charge in [-0.05, 0) is 25.7 Å². The third kappa shape index (κ3) is 8.22. The molecule has 1 unspecified atom stereocenters. The molecule has 0 radical (unpaired) electrons. The van der Waals surface area contributed by atoms with Gasteiger partial charge in [-0.2, -0.15) is 0 Å². The number of hydrogen-bond acceptors (Lipinski definition) is 3. The average molecular weight is 188 g/mol. The van der Waals surface area contributed by atoms with Gasteiger partial charge in [0.2, 0.25) is 0 Å². The Kier molecular flexibility index (Phi) is 5.53. The predicted molar refractivity (Wildman–Crippen MR) is 56.3 cm³/mol. The van der Waals surface area contributed by atoms with Gasteiger partial charge in [-0.1, -0.05) is 20.8 Å². The summed E-state index contributed by atoms with van der Waals surface area (Å²) >= 11 is 0. The Balaban J connectivity index is 3.76. The molecule has 3 heteroatoms. The number of hydrogen-bond donors (Lipinski definition) is 2. The predicted octanol–water partition coefficient (Wildman–Crippen LogP) is 1.68. The highest BCUT2D eigenvalue weighted by atomic mass is 16.5. The maximum absolute atomic E-state index is 5.50. The van der Waals surface area contributed by atoms with Gasteiger partial charge < -0.3 is 4.74 Å². The van der Waals surface area contributed by atoms with Crippen molar-refractivity contribution in [1.82, 2.24) is 5.43 Å². The van der Waals surface area contributed by atoms with E-state index in [1.807, 2.05) is 13.8 Å². The van der Waals surface area contributed by atoms with Crippen LogP contribution in [0.15, 0.2) is 0 Å². The molecule has 0 aromatic heterocycles. The Bertz CT molecular complexity index is 129. The molecular formula is C10H24N2O. The van der Waals surface area contributed by atoms with E-state index < -0.39 is 0 Å². The molecular weight excluding hydrogens is 164 g/mol. The molecule has 0 aliphatic carbocycles. The lowest BCUT2D eigenvalue weighted by Gasteiger charge is -2.25. The fourth-order valence-electron chi connectivity index (χ4n) is 1.21. The molecule has 3 nitrogen and oxygen atoms in total. The minimum absolute atomic E-state index is 0.252. The van der Waals surface area contributed by atoms with Crippen LogP contribution in [0.4, 0.5) is 0 Å². The van der Waals surface area contributed by atoms with Crippen LogP contribution in [0.5, 0.6) is 0 Å². The van der Waals surface area contributed by atoms with Gasteiger partial charge in [0, 0.05) is 6.04 Å². The van der Waals surface area contributed by atoms with Crippen LogP contribution in [0.1, 0.15) is 41.0 Å². The molecule has 0 aliphatic heterocycles. The Labute approximate surface area is 82.0 Å². The summed E-state index contributed by atoms with van der Waals surface area (Å²) in [6.07, 6.45) is 1.30. The molecule has 13 heavy (non-hydrogen) atoms. The van der Waals surface area contributed by atoms with E-state index in [-0.39, 0.29) is 17.6 Å². The quantitative estimate of drug-likeness (QED) is 0.510. The van der Waals surface area contributed by atoms with Crippen LogP contribution in [0.2, 0.25) is 0 Å². The molecule has 0 rings (SSSR count). The Morgan fingerprint density at radius 2 is 1.85 bits per heavy atom. The third-order valence-electron chi connectivity index (χ3n) is 1.73. The standard InChI is InChI=1S/C10H24N2O/c1-8(2)13-7-9(12-11)6-10(3,4)5/h8-9,12H,6-7,11H2,1-5H3. The summed E-state index contributed by atoms with van der Waals surface area (Å²) in [5.41, 5.74) is 3.08. The van der Waals surface area contributed by atoms with Crippen molar-refractivity contribution in [3.05, 3.63) is 0 Å². The number of ether oxygens (including phenoxy) is 1. The highest BCUT2D eigenvalue weighted by molar-refractivity contribution is 4.72. The fourth-order valence-corrected chi connectivity index (χ4v) is 1.21. The Morgan fingerprint density at radius 3 is 2.15 bits per heavy atom. The summed E-state index contributed by atoms with van der Waals surface area (Å²) < 4.78 is 5.50. The number of rotatable bonds is 5. The second-order valence-electron chi connectivity index (χ2n) is 5.01. The van der Waals surface area contributed by atoms with Gasteiger partial charge in [0.1, 0.15) is 0 Å². The molecule has 0 saturated carbocycles. The molecule has 0 amide bonds. The second kappa shape index (κ2) is 5.58. The normalized spacial score (nSPS) is 15.0. The Hall–Kier alpha value is -0.120. The molecule has 0 bridgehead atoms. The summed E-state index contributed by atoms with van der Waals surface area (Å²) in [6.45, 7) is 11.4. The lowest BCUT2D eigenvalue weighted by Crippen LogP contribution is -2.41. The van der Waals surface area contributed by atoms with Gasteiger partial charge >= 0.3 is 0 Å². The van der Waals surface area contributed by atoms with Gasteiger partial charge in [-0.25, -0.2) is 0 Å². The molecule has 3 N–H and O–H groups in total. The molecule has 0 saturated heterocycles. The van der Waals surface area contributed by atoms with Gasteiger partial charge in [-0.15, -0.1) is 0 Å². The van der Waals surface area contributed by atoms with E-state index in [1.165, 1.54) is 0 Å². The van der Waals surface area contributed by atoms with E-state index in [1.54, 1.807) is 0 Å². The summed E-state index contributed by atoms with van der Waals surface area (Å²) in [5, 5.41) is 0. The van der Waals surface area contributed by atoms with Crippen LogP contribution < -0.4 is 11.3 Å². The van der Waals surface area contributed by atoms with Crippen LogP contribution in [0.25, 0.3) is 0 Å². The van der Waals surface area contributed by atoms with Crippen molar-refractivity contribution in [2.45, 2.75) is 53.2 Å². The van der Waals surface area contributed by atoms with Crippen molar-refractivity contribution < 1.29 is 4.74 Å². The first-order valence-electron chi connectivity index (χ1n) is 4.93. The largest absolute Gasteiger partial charge is 0.377 e. The molecule has 0 aromatic rings. The minimum atomic E-state index is 0.252. The van der Waals surface area contributed by atoms with E-state index >= 15 is 0 Å². The smallest absolute Gasteiger partial charge is 0.0636 e. The Morgan fingerprint density at radius 1 is 1.31 bits per heavy atom. The van der Waals surface area contributed by atoms with Gasteiger partial charge in [0.15, 0.2) is 0 Å². The fraction of sp³-hybridized carbons (Fsp3) is 1.00. The molecule has 80 valence electrons. The number of nitrogens with two attached hydrogens (primary N) is 1. The number of nitrogens with one attached hydrogen (secondary N) is 1. The van der Waals surface area contributed by atoms with Gasteiger partial charge in [0.05, 0.1) is 12.7 Å². The first kappa shape index (κ1) is 12.9. The topological polar surface area (TPSA) is 47.3 Å². The summed E-state index contributed by atoms with van der Waals surface area (Å²) in [6, 6.07) is 0.252. The van der Waals surface area contributed by atoms with E-state index in [0.717, 1.165) is 6.42 Å². The highest BCUT2D eigenvalue weighted by Gasteiger charge is 2.17. The van der Waals surface area contributed by atoms with Crippen LogP contribution in [0, 0.1) is 5.41 Å². The zero-order valence-electron chi connectivity index (χ0n) is 9.55. The summed E-state index contributed by atoms with van der Waals surface area (Å²) in [5.74, 6) is 5.44. The second-order valence-corrected chi connectivity index (χ2v) is 5.01. The van der Waals surface area contributed by atoms with Gasteiger partial charge in [-0.3, -0.25) is 11.3 Å². The third-order valence-corrected chi connectivity index (χ3v) is 1.73. The highest BCUT2D eigenvalue weighted by Crippen LogP contribution is 2.20. The SMILES string of the molecule is CC(C)OCC(CC(C)(C)C)NN. The van der Waals surface area contributed by atoms with Crippen LogP contribution >= 0.6 is 0 Å². The van der Waals surface area contributed by atoms with Gasteiger partial charge in [0.25, 0.3) is 0 Å². The zero-order valence-corrected chi connectivity index (χ0v) is 9.55. The summed E-state index contributed by atoms with van der Waals surface area (Å²) in [7, 11) is 0. The molecule has 1 atom stereocenters. The molecule has 0 fully saturated rings. The van der Waals surface area contributed by atoms with Crippen molar-refractivity contribution in [3.63, 3.8) is 0 Å². The van der Waals surface area contributed by atoms with Crippen molar-refractivity contribution in [3.8, 4) is 0 Å². The number of hydrazine groups is 1. The van der Waals surface area contributed by atoms with E-state index in [9.17, 15) is 0 Å². The van der Waals surface area contributed by atoms with Crippen molar-refractivity contribution in [2.75, 3.05) is 6.61 Å². The van der Waals surface area contributed by atoms with Crippen molar-refractivity contribution >= 4 is 0 Å². The molecule has 0 aromatic carbocycles. The average Bonchev–Trinajstić information content (AvgIpc) is 1.95. The van der Waals surface area contributed by atoms with Crippen LogP contribution in [-0.2, 0) is 4.74 Å². The first-order chi connectivity index (χ1) is 5.85. The minimum Gasteiger partial charge on any atom is -0.377 e. The van der Waals surface area contributed by atoms with Crippen molar-refractivity contribution in [2.24, 2.45) is 11.3 Å². The van der Waals surface area contributed by atoms with E-state index in [4.69, 9.17) is 10.6 Å². The van der Waals surface area contributed by atoms with Crippen LogP contribution in [0.3, 0.4) is 0 Å². The lowest BCUT2D eigenvalue weighted by atomic mass is 9.88. The van der Waals surface area contributed by atoms with Crippen molar-refractivity contribution in [1.29, 1.82) is 0 Å². The lowest BCUT2D eigenvalue weighted by molar-refractivity contribution is 0.0523. The molecule has 0 spiro atoms. The van der Waals surface area contributed by atoms with E-state index in [0.29, 0.717) is 6.61 Å². The zero-order chi connectivity index (χ0) is 10.5. The van der Waals surface area contributed by atoms with Crippen LogP contribution in [-0.4, -0.2) is 18.8 Å². The maximum Gasteiger partial charge on any atom is 0.0636 e. The van der Waals surface area contributed by atoms with E-state index in [2.05, 4.69) is 26.2 Å². The summed E-state index contributed by atoms with van der Waals surface area (Å²) in [4.78, 5) is 0.